The summed E-state index contributed by atoms with van der Waals surface area (Å²) in [5, 5.41) is 3.75. The van der Waals surface area contributed by atoms with Gasteiger partial charge in [-0.1, -0.05) is 66.2 Å². The molecule has 0 bridgehead atoms. The molecule has 1 N–H and O–H groups in total. The van der Waals surface area contributed by atoms with Crippen LogP contribution in [0.15, 0.2) is 0 Å². The molecule has 1 atom stereocenters. The summed E-state index contributed by atoms with van der Waals surface area (Å²) in [5.41, 5.74) is 0. The lowest BCUT2D eigenvalue weighted by molar-refractivity contribution is 0.344. The van der Waals surface area contributed by atoms with Crippen LogP contribution in [0.5, 0.6) is 0 Å². The van der Waals surface area contributed by atoms with Gasteiger partial charge in [-0.05, 0) is 31.7 Å². The molecule has 0 spiro atoms. The fourth-order valence-corrected chi connectivity index (χ4v) is 2.49. The smallest absolute Gasteiger partial charge is 0.00696 e. The lowest BCUT2D eigenvalue weighted by Crippen LogP contribution is -2.31. The van der Waals surface area contributed by atoms with Crippen molar-refractivity contribution in [3.8, 4) is 0 Å². The maximum absolute atomic E-state index is 3.75. The van der Waals surface area contributed by atoms with Crippen LogP contribution in [0.4, 0.5) is 0 Å². The van der Waals surface area contributed by atoms with Gasteiger partial charge >= 0.3 is 0 Å². The molecule has 0 aliphatic heterocycles. The Morgan fingerprint density at radius 3 is 2.06 bits per heavy atom. The topological polar surface area (TPSA) is 12.0 Å². The molecule has 0 heterocycles. The molecule has 0 aliphatic carbocycles. The van der Waals surface area contributed by atoms with E-state index in [0.29, 0.717) is 0 Å². The molecule has 0 rings (SSSR count). The highest BCUT2D eigenvalue weighted by molar-refractivity contribution is 4.71. The van der Waals surface area contributed by atoms with Gasteiger partial charge in [0.05, 0.1) is 0 Å². The number of nitrogens with one attached hydrogen (secondary N) is 1. The highest BCUT2D eigenvalue weighted by Crippen LogP contribution is 2.18. The lowest BCUT2D eigenvalue weighted by Gasteiger charge is -2.23. The van der Waals surface area contributed by atoms with Crippen LogP contribution in [0.1, 0.15) is 85.5 Å². The molecule has 0 fully saturated rings. The lowest BCUT2D eigenvalue weighted by atomic mass is 9.92. The Morgan fingerprint density at radius 2 is 1.53 bits per heavy atom. The van der Waals surface area contributed by atoms with E-state index < -0.39 is 0 Å². The van der Waals surface area contributed by atoms with Crippen molar-refractivity contribution in [2.45, 2.75) is 91.5 Å². The van der Waals surface area contributed by atoms with Gasteiger partial charge in [0.15, 0.2) is 0 Å². The van der Waals surface area contributed by atoms with Crippen molar-refractivity contribution < 1.29 is 0 Å². The number of rotatable bonds is 12. The summed E-state index contributed by atoms with van der Waals surface area (Å²) >= 11 is 0. The molecule has 1 heteroatoms. The molecule has 0 amide bonds. The van der Waals surface area contributed by atoms with E-state index in [1.54, 1.807) is 0 Å². The second-order valence-corrected chi connectivity index (χ2v) is 5.42. The van der Waals surface area contributed by atoms with E-state index in [-0.39, 0.29) is 0 Å². The van der Waals surface area contributed by atoms with Gasteiger partial charge in [0.1, 0.15) is 0 Å². The summed E-state index contributed by atoms with van der Waals surface area (Å²) in [6.07, 6.45) is 12.3. The standard InChI is InChI=1S/C16H35N/c1-5-9-10-11-12-16(17-13-6-2)14-15(7-3)8-4/h15-17H,5-14H2,1-4H3. The van der Waals surface area contributed by atoms with Crippen LogP contribution in [0.25, 0.3) is 0 Å². The SMILES string of the molecule is CCCCCCC(CC(CC)CC)NCCC. The van der Waals surface area contributed by atoms with Crippen LogP contribution in [-0.4, -0.2) is 12.6 Å². The van der Waals surface area contributed by atoms with Crippen molar-refractivity contribution >= 4 is 0 Å². The van der Waals surface area contributed by atoms with Crippen molar-refractivity contribution in [2.75, 3.05) is 6.54 Å². The zero-order valence-electron chi connectivity index (χ0n) is 12.7. The summed E-state index contributed by atoms with van der Waals surface area (Å²) in [4.78, 5) is 0. The minimum Gasteiger partial charge on any atom is -0.314 e. The van der Waals surface area contributed by atoms with E-state index in [1.165, 1.54) is 64.3 Å². The van der Waals surface area contributed by atoms with Gasteiger partial charge in [-0.2, -0.15) is 0 Å². The zero-order valence-corrected chi connectivity index (χ0v) is 12.7. The average Bonchev–Trinajstić information content (AvgIpc) is 2.36. The van der Waals surface area contributed by atoms with E-state index in [0.717, 1.165) is 12.0 Å². The summed E-state index contributed by atoms with van der Waals surface area (Å²) in [7, 11) is 0. The van der Waals surface area contributed by atoms with Crippen LogP contribution in [-0.2, 0) is 0 Å². The van der Waals surface area contributed by atoms with E-state index in [2.05, 4.69) is 33.0 Å². The molecule has 0 saturated carbocycles. The Balaban J connectivity index is 3.85. The maximum atomic E-state index is 3.75. The molecular formula is C16H35N. The molecule has 1 unspecified atom stereocenters. The first kappa shape index (κ1) is 17.0. The van der Waals surface area contributed by atoms with Gasteiger partial charge in [-0.15, -0.1) is 0 Å². The van der Waals surface area contributed by atoms with Crippen molar-refractivity contribution in [1.82, 2.24) is 5.32 Å². The first-order valence-corrected chi connectivity index (χ1v) is 8.01. The Morgan fingerprint density at radius 1 is 0.824 bits per heavy atom. The van der Waals surface area contributed by atoms with Crippen LogP contribution >= 0.6 is 0 Å². The second kappa shape index (κ2) is 12.4. The zero-order chi connectivity index (χ0) is 12.9. The molecule has 0 aromatic heterocycles. The normalized spacial score (nSPS) is 13.2. The molecule has 0 aromatic rings. The van der Waals surface area contributed by atoms with Gasteiger partial charge in [-0.25, -0.2) is 0 Å². The predicted octanol–water partition coefficient (Wildman–Crippen LogP) is 5.15. The van der Waals surface area contributed by atoms with Gasteiger partial charge in [-0.3, -0.25) is 0 Å². The molecule has 0 aliphatic rings. The van der Waals surface area contributed by atoms with Gasteiger partial charge in [0.25, 0.3) is 0 Å². The van der Waals surface area contributed by atoms with E-state index >= 15 is 0 Å². The molecule has 0 aromatic carbocycles. The third-order valence-electron chi connectivity index (χ3n) is 3.86. The number of hydrogen-bond donors (Lipinski definition) is 1. The summed E-state index contributed by atoms with van der Waals surface area (Å²) < 4.78 is 0. The summed E-state index contributed by atoms with van der Waals surface area (Å²) in [5.74, 6) is 0.926. The summed E-state index contributed by atoms with van der Waals surface area (Å²) in [6.45, 7) is 10.4. The van der Waals surface area contributed by atoms with E-state index in [1.807, 2.05) is 0 Å². The van der Waals surface area contributed by atoms with Crippen LogP contribution < -0.4 is 5.32 Å². The van der Waals surface area contributed by atoms with E-state index in [9.17, 15) is 0 Å². The largest absolute Gasteiger partial charge is 0.314 e. The minimum atomic E-state index is 0.775. The number of hydrogen-bond acceptors (Lipinski definition) is 1. The average molecular weight is 241 g/mol. The van der Waals surface area contributed by atoms with Crippen LogP contribution in [0.3, 0.4) is 0 Å². The Labute approximate surface area is 110 Å². The van der Waals surface area contributed by atoms with Gasteiger partial charge in [0.2, 0.25) is 0 Å². The molecule has 0 radical (unpaired) electrons. The predicted molar refractivity (Wildman–Crippen MR) is 79.5 cm³/mol. The minimum absolute atomic E-state index is 0.775. The molecular weight excluding hydrogens is 206 g/mol. The van der Waals surface area contributed by atoms with Crippen LogP contribution in [0.2, 0.25) is 0 Å². The molecule has 0 saturated heterocycles. The molecule has 1 nitrogen and oxygen atoms in total. The third-order valence-corrected chi connectivity index (χ3v) is 3.86. The fourth-order valence-electron chi connectivity index (χ4n) is 2.49. The highest BCUT2D eigenvalue weighted by Gasteiger charge is 2.12. The molecule has 104 valence electrons. The first-order chi connectivity index (χ1) is 8.28. The van der Waals surface area contributed by atoms with Gasteiger partial charge < -0.3 is 5.32 Å². The Bertz CT molecular complexity index is 140. The van der Waals surface area contributed by atoms with Crippen molar-refractivity contribution in [2.24, 2.45) is 5.92 Å². The number of unbranched alkanes of at least 4 members (excludes halogenated alkanes) is 3. The van der Waals surface area contributed by atoms with Crippen molar-refractivity contribution in [3.05, 3.63) is 0 Å². The fraction of sp³-hybridized carbons (Fsp3) is 1.00. The summed E-state index contributed by atoms with van der Waals surface area (Å²) in [6, 6.07) is 0.775. The van der Waals surface area contributed by atoms with Crippen molar-refractivity contribution in [1.29, 1.82) is 0 Å². The maximum Gasteiger partial charge on any atom is 0.00696 e. The van der Waals surface area contributed by atoms with Crippen LogP contribution in [0, 0.1) is 5.92 Å². The highest BCUT2D eigenvalue weighted by atomic mass is 14.9. The molecule has 17 heavy (non-hydrogen) atoms. The van der Waals surface area contributed by atoms with Gasteiger partial charge in [0, 0.05) is 6.04 Å². The third kappa shape index (κ3) is 9.64. The first-order valence-electron chi connectivity index (χ1n) is 8.01. The van der Waals surface area contributed by atoms with Crippen molar-refractivity contribution in [3.63, 3.8) is 0 Å². The van der Waals surface area contributed by atoms with E-state index in [4.69, 9.17) is 0 Å². The Hall–Kier alpha value is -0.0400. The second-order valence-electron chi connectivity index (χ2n) is 5.42. The monoisotopic (exact) mass is 241 g/mol. The Kier molecular flexibility index (Phi) is 12.4. The quantitative estimate of drug-likeness (QED) is 0.466.